The van der Waals surface area contributed by atoms with E-state index in [1.54, 1.807) is 13.2 Å². The molecule has 0 fully saturated rings. The van der Waals surface area contributed by atoms with Crippen LogP contribution >= 0.6 is 12.2 Å². The fourth-order valence-electron chi connectivity index (χ4n) is 1.02. The molecule has 0 bridgehead atoms. The Morgan fingerprint density at radius 2 is 2.46 bits per heavy atom. The van der Waals surface area contributed by atoms with Crippen molar-refractivity contribution >= 4 is 17.3 Å². The van der Waals surface area contributed by atoms with Gasteiger partial charge in [0, 0.05) is 32.5 Å². The van der Waals surface area contributed by atoms with Gasteiger partial charge >= 0.3 is 0 Å². The Balaban J connectivity index is 2.28. The molecule has 72 valence electrons. The zero-order valence-electron chi connectivity index (χ0n) is 7.87. The zero-order valence-corrected chi connectivity index (χ0v) is 8.69. The smallest absolute Gasteiger partial charge is 0.166 e. The average Bonchev–Trinajstić information content (AvgIpc) is 2.52. The first kappa shape index (κ1) is 9.98. The molecule has 0 unspecified atom stereocenters. The van der Waals surface area contributed by atoms with E-state index in [2.05, 4.69) is 20.2 Å². The molecule has 4 nitrogen and oxygen atoms in total. The van der Waals surface area contributed by atoms with Crippen molar-refractivity contribution in [3.8, 4) is 0 Å². The first-order valence-corrected chi connectivity index (χ1v) is 4.58. The third-order valence-corrected chi connectivity index (χ3v) is 2.14. The van der Waals surface area contributed by atoms with Gasteiger partial charge in [0.1, 0.15) is 5.82 Å². The van der Waals surface area contributed by atoms with Crippen molar-refractivity contribution in [3.63, 3.8) is 0 Å². The van der Waals surface area contributed by atoms with E-state index in [4.69, 9.17) is 12.2 Å². The lowest BCUT2D eigenvalue weighted by Gasteiger charge is -2.08. The van der Waals surface area contributed by atoms with E-state index < -0.39 is 0 Å². The van der Waals surface area contributed by atoms with Gasteiger partial charge in [-0.05, 0) is 19.1 Å². The summed E-state index contributed by atoms with van der Waals surface area (Å²) in [5, 5.41) is 6.60. The molecule has 0 spiro atoms. The highest BCUT2D eigenvalue weighted by Crippen LogP contribution is 1.92. The van der Waals surface area contributed by atoms with Crippen LogP contribution in [0, 0.1) is 6.92 Å². The van der Waals surface area contributed by atoms with E-state index in [0.717, 1.165) is 18.9 Å². The number of aromatic nitrogens is 2. The fourth-order valence-corrected chi connectivity index (χ4v) is 1.12. The van der Waals surface area contributed by atoms with E-state index in [-0.39, 0.29) is 0 Å². The van der Waals surface area contributed by atoms with Gasteiger partial charge in [0.15, 0.2) is 5.11 Å². The lowest BCUT2D eigenvalue weighted by molar-refractivity contribution is 0.652. The minimum Gasteiger partial charge on any atom is -0.366 e. The molecule has 0 saturated heterocycles. The lowest BCUT2D eigenvalue weighted by atomic mass is 10.5. The topological polar surface area (TPSA) is 41.9 Å². The number of hydrogen-bond donors (Lipinski definition) is 2. The van der Waals surface area contributed by atoms with E-state index in [9.17, 15) is 0 Å². The van der Waals surface area contributed by atoms with Crippen LogP contribution in [-0.4, -0.2) is 28.3 Å². The predicted molar refractivity (Wildman–Crippen MR) is 56.6 cm³/mol. The Bertz CT molecular complexity index is 281. The lowest BCUT2D eigenvalue weighted by Crippen LogP contribution is -2.34. The molecule has 1 rings (SSSR count). The molecule has 0 amide bonds. The number of imidazole rings is 1. The normalized spacial score (nSPS) is 9.69. The second-order valence-corrected chi connectivity index (χ2v) is 3.08. The van der Waals surface area contributed by atoms with Gasteiger partial charge in [0.05, 0.1) is 0 Å². The molecule has 0 radical (unpaired) electrons. The SMILES string of the molecule is CNC(=S)NCCn1ccnc1C. The summed E-state index contributed by atoms with van der Waals surface area (Å²) in [7, 11) is 1.80. The Morgan fingerprint density at radius 1 is 1.69 bits per heavy atom. The molecule has 1 aromatic rings. The molecular weight excluding hydrogens is 184 g/mol. The van der Waals surface area contributed by atoms with Crippen molar-refractivity contribution in [2.75, 3.05) is 13.6 Å². The summed E-state index contributed by atoms with van der Waals surface area (Å²) in [6.07, 6.45) is 3.76. The van der Waals surface area contributed by atoms with Gasteiger partial charge in [-0.2, -0.15) is 0 Å². The highest BCUT2D eigenvalue weighted by atomic mass is 32.1. The molecule has 5 heteroatoms. The van der Waals surface area contributed by atoms with E-state index in [0.29, 0.717) is 5.11 Å². The summed E-state index contributed by atoms with van der Waals surface area (Å²) >= 11 is 4.94. The zero-order chi connectivity index (χ0) is 9.68. The fraction of sp³-hybridized carbons (Fsp3) is 0.500. The molecule has 2 N–H and O–H groups in total. The summed E-state index contributed by atoms with van der Waals surface area (Å²) in [6.45, 7) is 3.68. The van der Waals surface area contributed by atoms with Gasteiger partial charge in [0.2, 0.25) is 0 Å². The molecule has 0 aromatic carbocycles. The maximum atomic E-state index is 4.94. The van der Waals surface area contributed by atoms with Gasteiger partial charge in [-0.3, -0.25) is 0 Å². The number of nitrogens with zero attached hydrogens (tertiary/aromatic N) is 2. The maximum Gasteiger partial charge on any atom is 0.166 e. The number of nitrogens with one attached hydrogen (secondary N) is 2. The van der Waals surface area contributed by atoms with Gasteiger partial charge in [-0.1, -0.05) is 0 Å². The largest absolute Gasteiger partial charge is 0.366 e. The Morgan fingerprint density at radius 3 is 3.00 bits per heavy atom. The highest BCUT2D eigenvalue weighted by molar-refractivity contribution is 7.80. The van der Waals surface area contributed by atoms with Crippen LogP contribution < -0.4 is 10.6 Å². The minimum absolute atomic E-state index is 0.678. The minimum atomic E-state index is 0.678. The summed E-state index contributed by atoms with van der Waals surface area (Å²) < 4.78 is 2.07. The van der Waals surface area contributed by atoms with Crippen LogP contribution in [0.2, 0.25) is 0 Å². The number of aryl methyl sites for hydroxylation is 1. The number of thiocarbonyl (C=S) groups is 1. The van der Waals surface area contributed by atoms with Crippen molar-refractivity contribution in [2.45, 2.75) is 13.5 Å². The molecule has 0 aliphatic heterocycles. The molecule has 0 aliphatic carbocycles. The third kappa shape index (κ3) is 3.02. The monoisotopic (exact) mass is 198 g/mol. The quantitative estimate of drug-likeness (QED) is 0.685. The summed E-state index contributed by atoms with van der Waals surface area (Å²) in [5.74, 6) is 1.03. The van der Waals surface area contributed by atoms with Crippen LogP contribution in [0.15, 0.2) is 12.4 Å². The van der Waals surface area contributed by atoms with Crippen LogP contribution in [0.1, 0.15) is 5.82 Å². The van der Waals surface area contributed by atoms with Gasteiger partial charge < -0.3 is 15.2 Å². The standard InChI is InChI=1S/C8H14N4S/c1-7-10-3-5-12(7)6-4-11-8(13)9-2/h3,5H,4,6H2,1-2H3,(H2,9,11,13). The second kappa shape index (κ2) is 4.81. The third-order valence-electron chi connectivity index (χ3n) is 1.79. The predicted octanol–water partition coefficient (Wildman–Crippen LogP) is 0.285. The maximum absolute atomic E-state index is 4.94. The Labute approximate surface area is 83.4 Å². The van der Waals surface area contributed by atoms with E-state index in [1.165, 1.54) is 0 Å². The van der Waals surface area contributed by atoms with Crippen LogP contribution in [-0.2, 0) is 6.54 Å². The van der Waals surface area contributed by atoms with Crippen LogP contribution in [0.4, 0.5) is 0 Å². The first-order valence-electron chi connectivity index (χ1n) is 4.17. The summed E-state index contributed by atoms with van der Waals surface area (Å²) in [4.78, 5) is 4.12. The van der Waals surface area contributed by atoms with Crippen molar-refractivity contribution < 1.29 is 0 Å². The Kier molecular flexibility index (Phi) is 3.70. The molecular formula is C8H14N4S. The van der Waals surface area contributed by atoms with Crippen molar-refractivity contribution in [1.82, 2.24) is 20.2 Å². The molecule has 1 heterocycles. The first-order chi connectivity index (χ1) is 6.24. The molecule has 0 aliphatic rings. The van der Waals surface area contributed by atoms with Crippen molar-refractivity contribution in [2.24, 2.45) is 0 Å². The summed E-state index contributed by atoms with van der Waals surface area (Å²) in [5.41, 5.74) is 0. The second-order valence-electron chi connectivity index (χ2n) is 2.67. The van der Waals surface area contributed by atoms with Crippen LogP contribution in [0.25, 0.3) is 0 Å². The molecule has 0 saturated carbocycles. The Hall–Kier alpha value is -1.10. The average molecular weight is 198 g/mol. The summed E-state index contributed by atoms with van der Waals surface area (Å²) in [6, 6.07) is 0. The van der Waals surface area contributed by atoms with Gasteiger partial charge in [0.25, 0.3) is 0 Å². The van der Waals surface area contributed by atoms with E-state index >= 15 is 0 Å². The molecule has 13 heavy (non-hydrogen) atoms. The molecule has 1 aromatic heterocycles. The molecule has 0 atom stereocenters. The van der Waals surface area contributed by atoms with Crippen molar-refractivity contribution in [3.05, 3.63) is 18.2 Å². The van der Waals surface area contributed by atoms with Crippen LogP contribution in [0.3, 0.4) is 0 Å². The number of hydrogen-bond acceptors (Lipinski definition) is 2. The van der Waals surface area contributed by atoms with E-state index in [1.807, 2.05) is 13.1 Å². The van der Waals surface area contributed by atoms with Gasteiger partial charge in [-0.15, -0.1) is 0 Å². The van der Waals surface area contributed by atoms with Gasteiger partial charge in [-0.25, -0.2) is 4.98 Å². The van der Waals surface area contributed by atoms with Crippen molar-refractivity contribution in [1.29, 1.82) is 0 Å². The number of rotatable bonds is 3. The highest BCUT2D eigenvalue weighted by Gasteiger charge is 1.95. The van der Waals surface area contributed by atoms with Crippen LogP contribution in [0.5, 0.6) is 0 Å².